The van der Waals surface area contributed by atoms with Crippen molar-refractivity contribution in [3.8, 4) is 0 Å². The minimum absolute atomic E-state index is 0.246. The fraction of sp³-hybridized carbons (Fsp3) is 0.538. The second kappa shape index (κ2) is 5.05. The van der Waals surface area contributed by atoms with Crippen molar-refractivity contribution >= 4 is 17.4 Å². The van der Waals surface area contributed by atoms with Crippen LogP contribution in [0, 0.1) is 6.92 Å². The van der Waals surface area contributed by atoms with Gasteiger partial charge in [0.2, 0.25) is 0 Å². The molecule has 92 valence electrons. The van der Waals surface area contributed by atoms with E-state index in [4.69, 9.17) is 11.6 Å². The van der Waals surface area contributed by atoms with Gasteiger partial charge >= 0.3 is 0 Å². The van der Waals surface area contributed by atoms with Crippen molar-refractivity contribution < 1.29 is 4.79 Å². The number of rotatable bonds is 2. The molecule has 0 radical (unpaired) electrons. The molecule has 0 unspecified atom stereocenters. The molecule has 0 saturated carbocycles. The van der Waals surface area contributed by atoms with Gasteiger partial charge in [0.1, 0.15) is 5.15 Å². The SMILES string of the molecule is Cc1nn(C)c(Cl)c1CC1=CC(=O)CCCC1. The van der Waals surface area contributed by atoms with Crippen molar-refractivity contribution in [1.82, 2.24) is 9.78 Å². The Balaban J connectivity index is 2.22. The number of aromatic nitrogens is 2. The first-order valence-electron chi connectivity index (χ1n) is 5.98. The predicted molar refractivity (Wildman–Crippen MR) is 68.2 cm³/mol. The average molecular weight is 253 g/mol. The third-order valence-electron chi connectivity index (χ3n) is 3.21. The maximum Gasteiger partial charge on any atom is 0.155 e. The van der Waals surface area contributed by atoms with Crippen LogP contribution < -0.4 is 0 Å². The Labute approximate surface area is 106 Å². The molecule has 0 N–H and O–H groups in total. The lowest BCUT2D eigenvalue weighted by atomic mass is 10.0. The van der Waals surface area contributed by atoms with Gasteiger partial charge in [-0.25, -0.2) is 0 Å². The van der Waals surface area contributed by atoms with Crippen LogP contribution in [-0.4, -0.2) is 15.6 Å². The number of halogens is 1. The highest BCUT2D eigenvalue weighted by atomic mass is 35.5. The topological polar surface area (TPSA) is 34.9 Å². The van der Waals surface area contributed by atoms with Crippen molar-refractivity contribution in [1.29, 1.82) is 0 Å². The minimum atomic E-state index is 0.246. The number of hydrogen-bond donors (Lipinski definition) is 0. The number of carbonyl (C=O) groups is 1. The summed E-state index contributed by atoms with van der Waals surface area (Å²) in [7, 11) is 1.84. The summed E-state index contributed by atoms with van der Waals surface area (Å²) in [5, 5.41) is 4.97. The molecule has 1 aromatic rings. The van der Waals surface area contributed by atoms with E-state index < -0.39 is 0 Å². The van der Waals surface area contributed by atoms with Gasteiger partial charge in [0.05, 0.1) is 5.69 Å². The molecule has 0 aromatic carbocycles. The van der Waals surface area contributed by atoms with Crippen molar-refractivity contribution in [3.63, 3.8) is 0 Å². The van der Waals surface area contributed by atoms with Crippen LogP contribution in [0.15, 0.2) is 11.6 Å². The highest BCUT2D eigenvalue weighted by molar-refractivity contribution is 6.30. The summed E-state index contributed by atoms with van der Waals surface area (Å²) in [6, 6.07) is 0. The lowest BCUT2D eigenvalue weighted by Gasteiger charge is -2.04. The average Bonchev–Trinajstić information content (AvgIpc) is 2.46. The van der Waals surface area contributed by atoms with E-state index >= 15 is 0 Å². The quantitative estimate of drug-likeness (QED) is 0.811. The molecule has 0 aliphatic heterocycles. The highest BCUT2D eigenvalue weighted by Gasteiger charge is 2.15. The molecular formula is C13H17ClN2O. The molecule has 1 aliphatic carbocycles. The molecule has 4 heteroatoms. The summed E-state index contributed by atoms with van der Waals surface area (Å²) >= 11 is 6.20. The van der Waals surface area contributed by atoms with Crippen LogP contribution in [0.25, 0.3) is 0 Å². The van der Waals surface area contributed by atoms with Crippen LogP contribution in [0.3, 0.4) is 0 Å². The first-order chi connectivity index (χ1) is 8.08. The van der Waals surface area contributed by atoms with E-state index in [-0.39, 0.29) is 5.78 Å². The molecule has 0 atom stereocenters. The molecule has 0 bridgehead atoms. The van der Waals surface area contributed by atoms with E-state index in [1.807, 2.05) is 14.0 Å². The molecule has 1 aliphatic rings. The van der Waals surface area contributed by atoms with Gasteiger partial charge in [-0.2, -0.15) is 5.10 Å². The minimum Gasteiger partial charge on any atom is -0.295 e. The molecule has 0 spiro atoms. The number of nitrogens with zero attached hydrogens (tertiary/aromatic N) is 2. The Hall–Kier alpha value is -1.09. The lowest BCUT2D eigenvalue weighted by molar-refractivity contribution is -0.114. The number of aryl methyl sites for hydroxylation is 2. The normalized spacial score (nSPS) is 16.9. The van der Waals surface area contributed by atoms with Gasteiger partial charge in [-0.15, -0.1) is 0 Å². The Kier molecular flexibility index (Phi) is 3.67. The molecule has 1 heterocycles. The summed E-state index contributed by atoms with van der Waals surface area (Å²) in [5.41, 5.74) is 3.19. The fourth-order valence-electron chi connectivity index (χ4n) is 2.26. The Morgan fingerprint density at radius 3 is 2.76 bits per heavy atom. The van der Waals surface area contributed by atoms with Crippen LogP contribution in [-0.2, 0) is 18.3 Å². The molecule has 0 fully saturated rings. The zero-order valence-corrected chi connectivity index (χ0v) is 11.0. The van der Waals surface area contributed by atoms with E-state index in [2.05, 4.69) is 5.10 Å². The van der Waals surface area contributed by atoms with Crippen LogP contribution in [0.1, 0.15) is 36.9 Å². The van der Waals surface area contributed by atoms with Crippen LogP contribution >= 0.6 is 11.6 Å². The first-order valence-corrected chi connectivity index (χ1v) is 6.36. The summed E-state index contributed by atoms with van der Waals surface area (Å²) < 4.78 is 1.69. The van der Waals surface area contributed by atoms with E-state index in [1.165, 1.54) is 5.57 Å². The number of hydrogen-bond acceptors (Lipinski definition) is 2. The number of ketones is 1. The lowest BCUT2D eigenvalue weighted by Crippen LogP contribution is -1.95. The van der Waals surface area contributed by atoms with Crippen LogP contribution in [0.4, 0.5) is 0 Å². The summed E-state index contributed by atoms with van der Waals surface area (Å²) in [6.07, 6.45) is 6.33. The molecule has 2 rings (SSSR count). The highest BCUT2D eigenvalue weighted by Crippen LogP contribution is 2.25. The molecule has 0 saturated heterocycles. The number of allylic oxidation sites excluding steroid dienone is 2. The van der Waals surface area contributed by atoms with Crippen LogP contribution in [0.5, 0.6) is 0 Å². The van der Waals surface area contributed by atoms with Gasteiger partial charge in [0, 0.05) is 19.0 Å². The van der Waals surface area contributed by atoms with Gasteiger partial charge in [0.15, 0.2) is 5.78 Å². The summed E-state index contributed by atoms with van der Waals surface area (Å²) in [6.45, 7) is 1.96. The van der Waals surface area contributed by atoms with Crippen LogP contribution in [0.2, 0.25) is 5.15 Å². The third-order valence-corrected chi connectivity index (χ3v) is 3.68. The maximum absolute atomic E-state index is 11.5. The smallest absolute Gasteiger partial charge is 0.155 e. The summed E-state index contributed by atoms with van der Waals surface area (Å²) in [5.74, 6) is 0.246. The Morgan fingerprint density at radius 1 is 1.41 bits per heavy atom. The van der Waals surface area contributed by atoms with E-state index in [0.717, 1.165) is 36.9 Å². The largest absolute Gasteiger partial charge is 0.295 e. The second-order valence-corrected chi connectivity index (χ2v) is 4.99. The summed E-state index contributed by atoms with van der Waals surface area (Å²) in [4.78, 5) is 11.5. The van der Waals surface area contributed by atoms with E-state index in [0.29, 0.717) is 11.6 Å². The molecular weight excluding hydrogens is 236 g/mol. The molecule has 3 nitrogen and oxygen atoms in total. The fourth-order valence-corrected chi connectivity index (χ4v) is 2.51. The molecule has 0 amide bonds. The third kappa shape index (κ3) is 2.78. The standard InChI is InChI=1S/C13H17ClN2O/c1-9-12(13(14)16(2)15-9)8-10-5-3-4-6-11(17)7-10/h7H,3-6,8H2,1-2H3. The predicted octanol–water partition coefficient (Wildman–Crippen LogP) is 2.99. The van der Waals surface area contributed by atoms with Crippen molar-refractivity contribution in [3.05, 3.63) is 28.1 Å². The van der Waals surface area contributed by atoms with Crippen molar-refractivity contribution in [2.24, 2.45) is 7.05 Å². The second-order valence-electron chi connectivity index (χ2n) is 4.63. The van der Waals surface area contributed by atoms with Crippen molar-refractivity contribution in [2.75, 3.05) is 0 Å². The monoisotopic (exact) mass is 252 g/mol. The zero-order valence-electron chi connectivity index (χ0n) is 10.3. The van der Waals surface area contributed by atoms with Gasteiger partial charge in [-0.1, -0.05) is 17.2 Å². The number of carbonyl (C=O) groups excluding carboxylic acids is 1. The molecule has 17 heavy (non-hydrogen) atoms. The van der Waals surface area contributed by atoms with E-state index in [9.17, 15) is 4.79 Å². The van der Waals surface area contributed by atoms with Gasteiger partial charge in [-0.05, 0) is 38.7 Å². The van der Waals surface area contributed by atoms with Crippen molar-refractivity contribution in [2.45, 2.75) is 39.0 Å². The Bertz CT molecular complexity index is 474. The van der Waals surface area contributed by atoms with E-state index in [1.54, 1.807) is 10.8 Å². The van der Waals surface area contributed by atoms with Gasteiger partial charge < -0.3 is 0 Å². The first kappa shape index (κ1) is 12.4. The van der Waals surface area contributed by atoms with Gasteiger partial charge in [-0.3, -0.25) is 9.48 Å². The zero-order chi connectivity index (χ0) is 12.4. The van der Waals surface area contributed by atoms with Gasteiger partial charge in [0.25, 0.3) is 0 Å². The molecule has 1 aromatic heterocycles. The Morgan fingerprint density at radius 2 is 2.12 bits per heavy atom. The maximum atomic E-state index is 11.5.